The van der Waals surface area contributed by atoms with Gasteiger partial charge in [-0.1, -0.05) is 55.4 Å². The number of hydrogen-bond acceptors (Lipinski definition) is 6. The summed E-state index contributed by atoms with van der Waals surface area (Å²) in [5, 5.41) is 23.0. The highest BCUT2D eigenvalue weighted by molar-refractivity contribution is 7.98. The Hall–Kier alpha value is -3.20. The summed E-state index contributed by atoms with van der Waals surface area (Å²) in [6.45, 7) is 5.90. The molecule has 3 aromatic rings. The van der Waals surface area contributed by atoms with E-state index in [4.69, 9.17) is 0 Å². The predicted octanol–water partition coefficient (Wildman–Crippen LogP) is 4.05. The molecule has 8 nitrogen and oxygen atoms in total. The number of non-ortho nitro benzene ring substituents is 1. The molecule has 0 atom stereocenters. The van der Waals surface area contributed by atoms with Crippen LogP contribution in [0.5, 0.6) is 0 Å². The van der Waals surface area contributed by atoms with Gasteiger partial charge in [0.05, 0.1) is 11.5 Å². The summed E-state index contributed by atoms with van der Waals surface area (Å²) < 4.78 is 1.82. The summed E-state index contributed by atoms with van der Waals surface area (Å²) in [6, 6.07) is 14.4. The highest BCUT2D eigenvalue weighted by Crippen LogP contribution is 2.26. The number of nitro benzene ring substituents is 1. The topological polar surface area (TPSA) is 103 Å². The second-order valence-corrected chi connectivity index (χ2v) is 8.10. The van der Waals surface area contributed by atoms with Crippen LogP contribution in [0, 0.1) is 23.0 Å². The summed E-state index contributed by atoms with van der Waals surface area (Å²) in [4.78, 5) is 22.5. The fourth-order valence-corrected chi connectivity index (χ4v) is 3.72. The number of rotatable bonds is 8. The highest BCUT2D eigenvalue weighted by atomic mass is 32.2. The second-order valence-electron chi connectivity index (χ2n) is 7.16. The van der Waals surface area contributed by atoms with Crippen molar-refractivity contribution in [1.29, 1.82) is 0 Å². The smallest absolute Gasteiger partial charge is 0.269 e. The van der Waals surface area contributed by atoms with Crippen molar-refractivity contribution in [3.05, 3.63) is 75.6 Å². The standard InChI is InChI=1S/C21H23N5O3S/c1-14(2)20(27)22-12-19-23-24-21(30-13-16-6-4-5-15(3)11-16)25(19)17-7-9-18(10-8-17)26(28)29/h4-11,14H,12-13H2,1-3H3,(H,22,27). The minimum absolute atomic E-state index is 0.00967. The molecule has 0 aliphatic rings. The number of amides is 1. The van der Waals surface area contributed by atoms with Crippen LogP contribution in [-0.4, -0.2) is 25.6 Å². The van der Waals surface area contributed by atoms with Crippen LogP contribution >= 0.6 is 11.8 Å². The van der Waals surface area contributed by atoms with Crippen molar-refractivity contribution < 1.29 is 9.72 Å². The minimum Gasteiger partial charge on any atom is -0.349 e. The molecule has 2 aromatic carbocycles. The Morgan fingerprint density at radius 2 is 1.93 bits per heavy atom. The number of aromatic nitrogens is 3. The van der Waals surface area contributed by atoms with Crippen molar-refractivity contribution >= 4 is 23.4 Å². The van der Waals surface area contributed by atoms with Gasteiger partial charge >= 0.3 is 0 Å². The number of carbonyl (C=O) groups excluding carboxylic acids is 1. The first-order chi connectivity index (χ1) is 14.3. The quantitative estimate of drug-likeness (QED) is 0.332. The molecular formula is C21H23N5O3S. The first-order valence-corrected chi connectivity index (χ1v) is 10.5. The lowest BCUT2D eigenvalue weighted by Crippen LogP contribution is -2.28. The molecular weight excluding hydrogens is 402 g/mol. The van der Waals surface area contributed by atoms with E-state index >= 15 is 0 Å². The molecule has 1 heterocycles. The van der Waals surface area contributed by atoms with Crippen LogP contribution < -0.4 is 5.32 Å². The molecule has 1 amide bonds. The zero-order valence-corrected chi connectivity index (χ0v) is 17.8. The Morgan fingerprint density at radius 3 is 2.57 bits per heavy atom. The number of thioether (sulfide) groups is 1. The first kappa shape index (κ1) is 21.5. The number of carbonyl (C=O) groups is 1. The fourth-order valence-electron chi connectivity index (χ4n) is 2.81. The van der Waals surface area contributed by atoms with E-state index in [1.807, 2.05) is 37.5 Å². The third-order valence-electron chi connectivity index (χ3n) is 4.41. The van der Waals surface area contributed by atoms with Gasteiger partial charge < -0.3 is 5.32 Å². The van der Waals surface area contributed by atoms with E-state index in [-0.39, 0.29) is 24.1 Å². The Morgan fingerprint density at radius 1 is 1.20 bits per heavy atom. The van der Waals surface area contributed by atoms with Gasteiger partial charge in [0.15, 0.2) is 11.0 Å². The van der Waals surface area contributed by atoms with Crippen LogP contribution in [0.3, 0.4) is 0 Å². The second kappa shape index (κ2) is 9.53. The van der Waals surface area contributed by atoms with Crippen LogP contribution in [0.25, 0.3) is 5.69 Å². The van der Waals surface area contributed by atoms with E-state index in [9.17, 15) is 14.9 Å². The van der Waals surface area contributed by atoms with E-state index in [1.54, 1.807) is 12.1 Å². The van der Waals surface area contributed by atoms with Gasteiger partial charge in [-0.2, -0.15) is 0 Å². The Kier molecular flexibility index (Phi) is 6.83. The number of hydrogen-bond donors (Lipinski definition) is 1. The molecule has 0 aliphatic heterocycles. The van der Waals surface area contributed by atoms with E-state index in [2.05, 4.69) is 27.6 Å². The molecule has 30 heavy (non-hydrogen) atoms. The molecule has 9 heteroatoms. The summed E-state index contributed by atoms with van der Waals surface area (Å²) in [5.41, 5.74) is 3.05. The molecule has 3 rings (SSSR count). The van der Waals surface area contributed by atoms with Gasteiger partial charge in [-0.25, -0.2) is 0 Å². The number of nitrogens with zero attached hydrogens (tertiary/aromatic N) is 4. The summed E-state index contributed by atoms with van der Waals surface area (Å²) in [7, 11) is 0. The van der Waals surface area contributed by atoms with E-state index in [1.165, 1.54) is 29.5 Å². The maximum Gasteiger partial charge on any atom is 0.269 e. The lowest BCUT2D eigenvalue weighted by atomic mass is 10.2. The molecule has 0 aliphatic carbocycles. The molecule has 1 N–H and O–H groups in total. The van der Waals surface area contributed by atoms with Gasteiger partial charge in [-0.15, -0.1) is 10.2 Å². The molecule has 0 spiro atoms. The number of nitro groups is 1. The monoisotopic (exact) mass is 425 g/mol. The molecule has 0 radical (unpaired) electrons. The number of aryl methyl sites for hydroxylation is 1. The van der Waals surface area contributed by atoms with Crippen molar-refractivity contribution in [3.8, 4) is 5.69 Å². The first-order valence-electron chi connectivity index (χ1n) is 9.50. The number of benzene rings is 2. The summed E-state index contributed by atoms with van der Waals surface area (Å²) in [5.74, 6) is 1.04. The molecule has 0 bridgehead atoms. The SMILES string of the molecule is Cc1cccc(CSc2nnc(CNC(=O)C(C)C)n2-c2ccc([N+](=O)[O-])cc2)c1. The van der Waals surface area contributed by atoms with Crippen molar-refractivity contribution in [2.24, 2.45) is 5.92 Å². The Balaban J connectivity index is 1.89. The Labute approximate surface area is 178 Å². The molecule has 156 valence electrons. The molecule has 0 saturated heterocycles. The van der Waals surface area contributed by atoms with Crippen LogP contribution in [0.4, 0.5) is 5.69 Å². The molecule has 0 fully saturated rings. The van der Waals surface area contributed by atoms with Gasteiger partial charge in [-0.05, 0) is 24.6 Å². The minimum atomic E-state index is -0.437. The fraction of sp³-hybridized carbons (Fsp3) is 0.286. The molecule has 0 saturated carbocycles. The van der Waals surface area contributed by atoms with Gasteiger partial charge in [0.2, 0.25) is 5.91 Å². The lowest BCUT2D eigenvalue weighted by molar-refractivity contribution is -0.384. The van der Waals surface area contributed by atoms with E-state index < -0.39 is 4.92 Å². The highest BCUT2D eigenvalue weighted by Gasteiger charge is 2.17. The third kappa shape index (κ3) is 5.24. The van der Waals surface area contributed by atoms with E-state index in [0.717, 1.165) is 5.56 Å². The van der Waals surface area contributed by atoms with Crippen LogP contribution in [0.15, 0.2) is 53.7 Å². The van der Waals surface area contributed by atoms with Crippen LogP contribution in [0.2, 0.25) is 0 Å². The average Bonchev–Trinajstić information content (AvgIpc) is 3.13. The normalized spacial score (nSPS) is 10.9. The third-order valence-corrected chi connectivity index (χ3v) is 5.41. The van der Waals surface area contributed by atoms with E-state index in [0.29, 0.717) is 22.4 Å². The van der Waals surface area contributed by atoms with Crippen LogP contribution in [0.1, 0.15) is 30.8 Å². The van der Waals surface area contributed by atoms with Gasteiger partial charge in [0, 0.05) is 29.5 Å². The predicted molar refractivity (Wildman–Crippen MR) is 115 cm³/mol. The van der Waals surface area contributed by atoms with Crippen molar-refractivity contribution in [2.45, 2.75) is 38.2 Å². The van der Waals surface area contributed by atoms with Crippen molar-refractivity contribution in [3.63, 3.8) is 0 Å². The summed E-state index contributed by atoms with van der Waals surface area (Å²) in [6.07, 6.45) is 0. The maximum absolute atomic E-state index is 12.0. The largest absolute Gasteiger partial charge is 0.349 e. The average molecular weight is 426 g/mol. The van der Waals surface area contributed by atoms with Crippen molar-refractivity contribution in [1.82, 2.24) is 20.1 Å². The van der Waals surface area contributed by atoms with Crippen molar-refractivity contribution in [2.75, 3.05) is 0 Å². The summed E-state index contributed by atoms with van der Waals surface area (Å²) >= 11 is 1.52. The molecule has 0 unspecified atom stereocenters. The number of nitrogens with one attached hydrogen (secondary N) is 1. The zero-order valence-electron chi connectivity index (χ0n) is 17.0. The van der Waals surface area contributed by atoms with Gasteiger partial charge in [0.25, 0.3) is 5.69 Å². The zero-order chi connectivity index (χ0) is 21.7. The Bertz CT molecular complexity index is 1050. The lowest BCUT2D eigenvalue weighted by Gasteiger charge is -2.12. The van der Waals surface area contributed by atoms with Crippen LogP contribution in [-0.2, 0) is 17.1 Å². The molecule has 1 aromatic heterocycles. The van der Waals surface area contributed by atoms with Gasteiger partial charge in [0.1, 0.15) is 0 Å². The maximum atomic E-state index is 12.0. The van der Waals surface area contributed by atoms with Gasteiger partial charge in [-0.3, -0.25) is 19.5 Å².